The summed E-state index contributed by atoms with van der Waals surface area (Å²) >= 11 is 0. The van der Waals surface area contributed by atoms with Gasteiger partial charge in [-0.25, -0.2) is 9.78 Å². The molecule has 1 atom stereocenters. The summed E-state index contributed by atoms with van der Waals surface area (Å²) in [6.07, 6.45) is -0.620. The number of esters is 1. The highest BCUT2D eigenvalue weighted by molar-refractivity contribution is 5.91. The smallest absolute Gasteiger partial charge is 0.339 e. The van der Waals surface area contributed by atoms with E-state index in [1.807, 2.05) is 6.07 Å². The van der Waals surface area contributed by atoms with E-state index in [9.17, 15) is 9.59 Å². The van der Waals surface area contributed by atoms with Gasteiger partial charge in [0.1, 0.15) is 0 Å². The Bertz CT molecular complexity index is 1030. The van der Waals surface area contributed by atoms with Crippen LogP contribution in [-0.4, -0.2) is 15.9 Å². The molecule has 1 aromatic heterocycles. The largest absolute Gasteiger partial charge is 0.451 e. The molecule has 1 unspecified atom stereocenters. The van der Waals surface area contributed by atoms with Crippen LogP contribution in [0.25, 0.3) is 10.9 Å². The topological polar surface area (TPSA) is 95.8 Å². The van der Waals surface area contributed by atoms with E-state index < -0.39 is 12.1 Å². The van der Waals surface area contributed by atoms with Gasteiger partial charge in [-0.15, -0.1) is 0 Å². The average molecular weight is 333 g/mol. The summed E-state index contributed by atoms with van der Waals surface area (Å²) in [5.74, 6) is -0.288. The van der Waals surface area contributed by atoms with Gasteiger partial charge in [-0.05, 0) is 30.7 Å². The van der Waals surface area contributed by atoms with Crippen LogP contribution in [0.1, 0.15) is 34.8 Å². The van der Waals surface area contributed by atoms with Crippen molar-refractivity contribution in [3.8, 4) is 6.07 Å². The molecule has 2 aromatic carbocycles. The van der Waals surface area contributed by atoms with Crippen LogP contribution in [0.3, 0.4) is 0 Å². The van der Waals surface area contributed by atoms with Crippen LogP contribution in [-0.2, 0) is 11.2 Å². The molecule has 0 saturated heterocycles. The zero-order chi connectivity index (χ0) is 17.8. The molecule has 0 aliphatic carbocycles. The molecule has 3 rings (SSSR count). The molecule has 0 amide bonds. The highest BCUT2D eigenvalue weighted by Crippen LogP contribution is 2.18. The van der Waals surface area contributed by atoms with Gasteiger partial charge in [0.25, 0.3) is 5.56 Å². The Morgan fingerprint density at radius 1 is 1.24 bits per heavy atom. The Morgan fingerprint density at radius 3 is 2.76 bits per heavy atom. The summed E-state index contributed by atoms with van der Waals surface area (Å²) in [5, 5.41) is 9.34. The maximum absolute atomic E-state index is 12.4. The Morgan fingerprint density at radius 2 is 1.96 bits per heavy atom. The number of para-hydroxylation sites is 1. The third-order valence-electron chi connectivity index (χ3n) is 3.81. The number of nitrogens with one attached hydrogen (secondary N) is 1. The standard InChI is InChI=1S/C19H15N3O3/c1-12(17-21-16-9-5-4-8-15(16)18(23)22-17)25-19(24)14-7-3-2-6-13(14)10-11-20/h2-9,12H,10H2,1H3,(H,21,22,23). The van der Waals surface area contributed by atoms with Crippen molar-refractivity contribution >= 4 is 16.9 Å². The summed E-state index contributed by atoms with van der Waals surface area (Å²) in [6, 6.07) is 15.8. The first kappa shape index (κ1) is 16.4. The molecule has 124 valence electrons. The monoisotopic (exact) mass is 333 g/mol. The van der Waals surface area contributed by atoms with Crippen molar-refractivity contribution in [2.45, 2.75) is 19.4 Å². The second kappa shape index (κ2) is 6.97. The lowest BCUT2D eigenvalue weighted by Gasteiger charge is -2.14. The maximum Gasteiger partial charge on any atom is 0.339 e. The second-order valence-corrected chi connectivity index (χ2v) is 5.51. The molecule has 0 bridgehead atoms. The lowest BCUT2D eigenvalue weighted by Crippen LogP contribution is -2.18. The zero-order valence-electron chi connectivity index (χ0n) is 13.5. The molecule has 6 heteroatoms. The van der Waals surface area contributed by atoms with Crippen molar-refractivity contribution in [1.29, 1.82) is 5.26 Å². The Balaban J connectivity index is 1.88. The fraction of sp³-hybridized carbons (Fsp3) is 0.158. The molecular formula is C19H15N3O3. The van der Waals surface area contributed by atoms with Crippen molar-refractivity contribution in [3.63, 3.8) is 0 Å². The van der Waals surface area contributed by atoms with Gasteiger partial charge in [-0.3, -0.25) is 4.79 Å². The number of carbonyl (C=O) groups is 1. The van der Waals surface area contributed by atoms with Gasteiger partial charge in [0.2, 0.25) is 0 Å². The van der Waals surface area contributed by atoms with Crippen LogP contribution < -0.4 is 5.56 Å². The minimum Gasteiger partial charge on any atom is -0.451 e. The first-order chi connectivity index (χ1) is 12.1. The number of aromatic amines is 1. The Hall–Kier alpha value is -3.46. The van der Waals surface area contributed by atoms with Gasteiger partial charge in [0.15, 0.2) is 11.9 Å². The predicted molar refractivity (Wildman–Crippen MR) is 92.0 cm³/mol. The average Bonchev–Trinajstić information content (AvgIpc) is 2.62. The number of aromatic nitrogens is 2. The molecule has 0 aliphatic rings. The van der Waals surface area contributed by atoms with Crippen molar-refractivity contribution in [2.24, 2.45) is 0 Å². The number of ether oxygens (including phenoxy) is 1. The van der Waals surface area contributed by atoms with E-state index in [-0.39, 0.29) is 17.8 Å². The fourth-order valence-corrected chi connectivity index (χ4v) is 2.54. The number of hydrogen-bond donors (Lipinski definition) is 1. The van der Waals surface area contributed by atoms with Gasteiger partial charge >= 0.3 is 5.97 Å². The molecule has 3 aromatic rings. The van der Waals surface area contributed by atoms with Crippen molar-refractivity contribution < 1.29 is 9.53 Å². The first-order valence-electron chi connectivity index (χ1n) is 7.75. The van der Waals surface area contributed by atoms with Crippen LogP contribution in [0.15, 0.2) is 53.3 Å². The van der Waals surface area contributed by atoms with E-state index in [0.29, 0.717) is 22.0 Å². The number of rotatable bonds is 4. The number of carbonyl (C=O) groups excluding carboxylic acids is 1. The second-order valence-electron chi connectivity index (χ2n) is 5.51. The van der Waals surface area contributed by atoms with E-state index in [4.69, 9.17) is 10.00 Å². The van der Waals surface area contributed by atoms with E-state index >= 15 is 0 Å². The minimum atomic E-state index is -0.736. The van der Waals surface area contributed by atoms with Crippen LogP contribution in [0.2, 0.25) is 0 Å². The molecule has 6 nitrogen and oxygen atoms in total. The predicted octanol–water partition coefficient (Wildman–Crippen LogP) is 2.91. The van der Waals surface area contributed by atoms with E-state index in [1.54, 1.807) is 55.5 Å². The normalized spacial score (nSPS) is 11.7. The number of benzene rings is 2. The van der Waals surface area contributed by atoms with Crippen LogP contribution in [0.5, 0.6) is 0 Å². The molecular weight excluding hydrogens is 318 g/mol. The van der Waals surface area contributed by atoms with Gasteiger partial charge < -0.3 is 9.72 Å². The molecule has 0 fully saturated rings. The minimum absolute atomic E-state index is 0.116. The lowest BCUT2D eigenvalue weighted by molar-refractivity contribution is 0.0319. The van der Waals surface area contributed by atoms with Gasteiger partial charge in [0.05, 0.1) is 29.0 Å². The molecule has 1 N–H and O–H groups in total. The number of hydrogen-bond acceptors (Lipinski definition) is 5. The number of fused-ring (bicyclic) bond motifs is 1. The van der Waals surface area contributed by atoms with Crippen LogP contribution in [0, 0.1) is 11.3 Å². The van der Waals surface area contributed by atoms with Gasteiger partial charge in [-0.1, -0.05) is 30.3 Å². The molecule has 1 heterocycles. The zero-order valence-corrected chi connectivity index (χ0v) is 13.5. The quantitative estimate of drug-likeness (QED) is 0.741. The number of H-pyrrole nitrogens is 1. The Kier molecular flexibility index (Phi) is 4.57. The third-order valence-corrected chi connectivity index (χ3v) is 3.81. The molecule has 0 saturated carbocycles. The van der Waals surface area contributed by atoms with Crippen molar-refractivity contribution in [1.82, 2.24) is 9.97 Å². The first-order valence-corrected chi connectivity index (χ1v) is 7.75. The molecule has 0 spiro atoms. The maximum atomic E-state index is 12.4. The highest BCUT2D eigenvalue weighted by atomic mass is 16.5. The molecule has 0 aliphatic heterocycles. The summed E-state index contributed by atoms with van der Waals surface area (Å²) in [4.78, 5) is 31.6. The number of nitrogens with zero attached hydrogens (tertiary/aromatic N) is 2. The summed E-state index contributed by atoms with van der Waals surface area (Å²) in [6.45, 7) is 1.64. The SMILES string of the molecule is CC(OC(=O)c1ccccc1CC#N)c1nc2ccccc2c(=O)[nH]1. The highest BCUT2D eigenvalue weighted by Gasteiger charge is 2.18. The van der Waals surface area contributed by atoms with E-state index in [2.05, 4.69) is 9.97 Å². The Labute approximate surface area is 143 Å². The fourth-order valence-electron chi connectivity index (χ4n) is 2.54. The third kappa shape index (κ3) is 3.40. The molecule has 25 heavy (non-hydrogen) atoms. The summed E-state index contributed by atoms with van der Waals surface area (Å²) < 4.78 is 5.43. The van der Waals surface area contributed by atoms with Crippen LogP contribution >= 0.6 is 0 Å². The van der Waals surface area contributed by atoms with Crippen molar-refractivity contribution in [3.05, 3.63) is 75.8 Å². The van der Waals surface area contributed by atoms with Gasteiger partial charge in [0, 0.05) is 0 Å². The lowest BCUT2D eigenvalue weighted by atomic mass is 10.1. The molecule has 0 radical (unpaired) electrons. The van der Waals surface area contributed by atoms with Crippen molar-refractivity contribution in [2.75, 3.05) is 0 Å². The summed E-state index contributed by atoms with van der Waals surface area (Å²) in [7, 11) is 0. The number of nitriles is 1. The van der Waals surface area contributed by atoms with E-state index in [1.165, 1.54) is 0 Å². The van der Waals surface area contributed by atoms with E-state index in [0.717, 1.165) is 0 Å². The summed E-state index contributed by atoms with van der Waals surface area (Å²) in [5.41, 5.74) is 1.18. The van der Waals surface area contributed by atoms with Crippen LogP contribution in [0.4, 0.5) is 0 Å². The van der Waals surface area contributed by atoms with Gasteiger partial charge in [-0.2, -0.15) is 5.26 Å².